The summed E-state index contributed by atoms with van der Waals surface area (Å²) in [7, 11) is 3.30. The van der Waals surface area contributed by atoms with E-state index in [-0.39, 0.29) is 0 Å². The summed E-state index contributed by atoms with van der Waals surface area (Å²) in [5.74, 6) is 1.63. The molecule has 3 heteroatoms. The molecule has 100 valence electrons. The molecule has 0 saturated carbocycles. The minimum Gasteiger partial charge on any atom is -0.497 e. The van der Waals surface area contributed by atoms with E-state index in [2.05, 4.69) is 0 Å². The standard InChI is InChI=1S/C16H19NO2/c1-16(17,12-7-9-14(18-2)10-8-12)13-5-4-6-15(11-13)19-3/h4-11H,17H2,1-3H3. The average molecular weight is 257 g/mol. The molecule has 0 fully saturated rings. The van der Waals surface area contributed by atoms with Gasteiger partial charge in [0.1, 0.15) is 11.5 Å². The summed E-state index contributed by atoms with van der Waals surface area (Å²) in [6, 6.07) is 15.6. The van der Waals surface area contributed by atoms with Crippen molar-refractivity contribution in [3.05, 3.63) is 59.7 Å². The molecule has 2 aromatic carbocycles. The maximum atomic E-state index is 6.48. The Morgan fingerprint density at radius 2 is 1.47 bits per heavy atom. The molecule has 0 amide bonds. The van der Waals surface area contributed by atoms with Gasteiger partial charge in [0.25, 0.3) is 0 Å². The second-order valence-corrected chi connectivity index (χ2v) is 4.66. The average Bonchev–Trinajstić information content (AvgIpc) is 2.47. The van der Waals surface area contributed by atoms with E-state index in [1.54, 1.807) is 14.2 Å². The van der Waals surface area contributed by atoms with Crippen LogP contribution in [0.3, 0.4) is 0 Å². The van der Waals surface area contributed by atoms with E-state index >= 15 is 0 Å². The first-order valence-corrected chi connectivity index (χ1v) is 6.16. The van der Waals surface area contributed by atoms with Crippen LogP contribution in [0.25, 0.3) is 0 Å². The van der Waals surface area contributed by atoms with Crippen LogP contribution in [0.5, 0.6) is 11.5 Å². The van der Waals surface area contributed by atoms with Crippen molar-refractivity contribution in [3.8, 4) is 11.5 Å². The Labute approximate surface area is 114 Å². The molecule has 0 heterocycles. The van der Waals surface area contributed by atoms with E-state index in [1.807, 2.05) is 55.5 Å². The maximum absolute atomic E-state index is 6.48. The number of hydrogen-bond donors (Lipinski definition) is 1. The fourth-order valence-corrected chi connectivity index (χ4v) is 2.05. The van der Waals surface area contributed by atoms with Gasteiger partial charge in [0, 0.05) is 0 Å². The SMILES string of the molecule is COc1ccc(C(C)(N)c2cccc(OC)c2)cc1. The van der Waals surface area contributed by atoms with E-state index in [0.29, 0.717) is 0 Å². The summed E-state index contributed by atoms with van der Waals surface area (Å²) >= 11 is 0. The molecule has 0 aromatic heterocycles. The Bertz CT molecular complexity index is 547. The molecule has 0 radical (unpaired) electrons. The monoisotopic (exact) mass is 257 g/mol. The minimum atomic E-state index is -0.569. The van der Waals surface area contributed by atoms with Gasteiger partial charge in [0.05, 0.1) is 19.8 Å². The van der Waals surface area contributed by atoms with Crippen LogP contribution in [0.2, 0.25) is 0 Å². The third-order valence-corrected chi connectivity index (χ3v) is 3.36. The molecule has 2 N–H and O–H groups in total. The molecular formula is C16H19NO2. The van der Waals surface area contributed by atoms with Gasteiger partial charge in [-0.1, -0.05) is 24.3 Å². The van der Waals surface area contributed by atoms with Crippen molar-refractivity contribution in [2.24, 2.45) is 5.73 Å². The highest BCUT2D eigenvalue weighted by atomic mass is 16.5. The van der Waals surface area contributed by atoms with Gasteiger partial charge < -0.3 is 15.2 Å². The van der Waals surface area contributed by atoms with Crippen molar-refractivity contribution < 1.29 is 9.47 Å². The number of ether oxygens (including phenoxy) is 2. The molecule has 3 nitrogen and oxygen atoms in total. The van der Waals surface area contributed by atoms with E-state index < -0.39 is 5.54 Å². The second-order valence-electron chi connectivity index (χ2n) is 4.66. The zero-order valence-corrected chi connectivity index (χ0v) is 11.5. The van der Waals surface area contributed by atoms with Crippen LogP contribution in [0.15, 0.2) is 48.5 Å². The zero-order chi connectivity index (χ0) is 13.9. The Morgan fingerprint density at radius 3 is 2.05 bits per heavy atom. The van der Waals surface area contributed by atoms with Crippen LogP contribution >= 0.6 is 0 Å². The molecule has 2 rings (SSSR count). The van der Waals surface area contributed by atoms with E-state index in [1.165, 1.54) is 0 Å². The summed E-state index contributed by atoms with van der Waals surface area (Å²) in [6.07, 6.45) is 0. The predicted octanol–water partition coefficient (Wildman–Crippen LogP) is 2.93. The van der Waals surface area contributed by atoms with Crippen LogP contribution in [-0.4, -0.2) is 14.2 Å². The molecular weight excluding hydrogens is 238 g/mol. The van der Waals surface area contributed by atoms with Gasteiger partial charge in [-0.25, -0.2) is 0 Å². The van der Waals surface area contributed by atoms with Crippen molar-refractivity contribution >= 4 is 0 Å². The fraction of sp³-hybridized carbons (Fsp3) is 0.250. The molecule has 0 aliphatic heterocycles. The maximum Gasteiger partial charge on any atom is 0.119 e. The Kier molecular flexibility index (Phi) is 3.76. The molecule has 0 saturated heterocycles. The van der Waals surface area contributed by atoms with Crippen molar-refractivity contribution in [3.63, 3.8) is 0 Å². The van der Waals surface area contributed by atoms with Crippen LogP contribution in [0.4, 0.5) is 0 Å². The van der Waals surface area contributed by atoms with E-state index in [4.69, 9.17) is 15.2 Å². The lowest BCUT2D eigenvalue weighted by molar-refractivity contribution is 0.412. The lowest BCUT2D eigenvalue weighted by Gasteiger charge is -2.26. The molecule has 0 spiro atoms. The smallest absolute Gasteiger partial charge is 0.119 e. The number of benzene rings is 2. The summed E-state index contributed by atoms with van der Waals surface area (Å²) in [5, 5.41) is 0. The van der Waals surface area contributed by atoms with Gasteiger partial charge in [-0.15, -0.1) is 0 Å². The number of methoxy groups -OCH3 is 2. The molecule has 1 unspecified atom stereocenters. The second kappa shape index (κ2) is 5.33. The zero-order valence-electron chi connectivity index (χ0n) is 11.5. The van der Waals surface area contributed by atoms with Gasteiger partial charge in [-0.05, 0) is 42.3 Å². The predicted molar refractivity (Wildman–Crippen MR) is 76.6 cm³/mol. The lowest BCUT2D eigenvalue weighted by Crippen LogP contribution is -2.34. The first-order chi connectivity index (χ1) is 9.07. The first kappa shape index (κ1) is 13.4. The third kappa shape index (κ3) is 2.71. The van der Waals surface area contributed by atoms with Gasteiger partial charge in [-0.3, -0.25) is 0 Å². The highest BCUT2D eigenvalue weighted by Gasteiger charge is 2.24. The molecule has 0 bridgehead atoms. The van der Waals surface area contributed by atoms with Crippen LogP contribution < -0.4 is 15.2 Å². The largest absolute Gasteiger partial charge is 0.497 e. The van der Waals surface area contributed by atoms with Crippen molar-refractivity contribution in [2.75, 3.05) is 14.2 Å². The van der Waals surface area contributed by atoms with Gasteiger partial charge in [0.2, 0.25) is 0 Å². The summed E-state index contributed by atoms with van der Waals surface area (Å²) in [6.45, 7) is 1.99. The molecule has 0 aliphatic rings. The minimum absolute atomic E-state index is 0.569. The number of nitrogens with two attached hydrogens (primary N) is 1. The highest BCUT2D eigenvalue weighted by molar-refractivity contribution is 5.42. The topological polar surface area (TPSA) is 44.5 Å². The summed E-state index contributed by atoms with van der Waals surface area (Å²) < 4.78 is 10.4. The van der Waals surface area contributed by atoms with E-state index in [0.717, 1.165) is 22.6 Å². The Morgan fingerprint density at radius 1 is 0.842 bits per heavy atom. The van der Waals surface area contributed by atoms with E-state index in [9.17, 15) is 0 Å². The third-order valence-electron chi connectivity index (χ3n) is 3.36. The molecule has 0 aliphatic carbocycles. The molecule has 1 atom stereocenters. The molecule has 2 aromatic rings. The lowest BCUT2D eigenvalue weighted by atomic mass is 9.85. The fourth-order valence-electron chi connectivity index (χ4n) is 2.05. The van der Waals surface area contributed by atoms with Crippen molar-refractivity contribution in [1.82, 2.24) is 0 Å². The number of hydrogen-bond acceptors (Lipinski definition) is 3. The molecule has 19 heavy (non-hydrogen) atoms. The summed E-state index contributed by atoms with van der Waals surface area (Å²) in [4.78, 5) is 0. The summed E-state index contributed by atoms with van der Waals surface area (Å²) in [5.41, 5.74) is 7.95. The quantitative estimate of drug-likeness (QED) is 0.916. The van der Waals surface area contributed by atoms with Crippen LogP contribution in [0, 0.1) is 0 Å². The Hall–Kier alpha value is -2.00. The normalized spacial score (nSPS) is 13.7. The van der Waals surface area contributed by atoms with Gasteiger partial charge in [-0.2, -0.15) is 0 Å². The van der Waals surface area contributed by atoms with Gasteiger partial charge >= 0.3 is 0 Å². The highest BCUT2D eigenvalue weighted by Crippen LogP contribution is 2.29. The first-order valence-electron chi connectivity index (χ1n) is 6.16. The Balaban J connectivity index is 2.38. The van der Waals surface area contributed by atoms with Crippen LogP contribution in [0.1, 0.15) is 18.1 Å². The van der Waals surface area contributed by atoms with Gasteiger partial charge in [0.15, 0.2) is 0 Å². The van der Waals surface area contributed by atoms with Crippen molar-refractivity contribution in [2.45, 2.75) is 12.5 Å². The van der Waals surface area contributed by atoms with Crippen LogP contribution in [-0.2, 0) is 5.54 Å². The number of rotatable bonds is 4. The van der Waals surface area contributed by atoms with Crippen molar-refractivity contribution in [1.29, 1.82) is 0 Å².